The number of nitrogens with zero attached hydrogens (tertiary/aromatic N) is 2. The highest BCUT2D eigenvalue weighted by Crippen LogP contribution is 2.20. The predicted octanol–water partition coefficient (Wildman–Crippen LogP) is 3.47. The molecule has 1 heterocycles. The molecule has 1 aromatic carbocycles. The fourth-order valence-electron chi connectivity index (χ4n) is 2.48. The van der Waals surface area contributed by atoms with E-state index in [1.54, 1.807) is 19.1 Å². The molecule has 118 valence electrons. The van der Waals surface area contributed by atoms with Gasteiger partial charge in [-0.3, -0.25) is 9.79 Å². The van der Waals surface area contributed by atoms with Gasteiger partial charge in [-0.25, -0.2) is 9.38 Å². The number of carbonyl (C=O) groups is 1. The normalized spacial score (nSPS) is 18.7. The van der Waals surface area contributed by atoms with Crippen molar-refractivity contribution in [3.05, 3.63) is 35.1 Å². The van der Waals surface area contributed by atoms with Crippen molar-refractivity contribution in [3.8, 4) is 0 Å². The molecule has 1 aliphatic rings. The lowest BCUT2D eigenvalue weighted by Gasteiger charge is -2.13. The number of aryl methyl sites for hydroxylation is 1. The summed E-state index contributed by atoms with van der Waals surface area (Å²) in [4.78, 5) is 20.1. The van der Waals surface area contributed by atoms with Crippen molar-refractivity contribution in [3.63, 3.8) is 0 Å². The molecule has 0 aromatic heterocycles. The van der Waals surface area contributed by atoms with Crippen molar-refractivity contribution in [2.24, 2.45) is 21.8 Å². The lowest BCUT2D eigenvalue weighted by Crippen LogP contribution is -2.17. The molecule has 0 spiro atoms. The maximum absolute atomic E-state index is 13.4. The van der Waals surface area contributed by atoms with Crippen LogP contribution < -0.4 is 0 Å². The molecule has 0 radical (unpaired) electrons. The van der Waals surface area contributed by atoms with Gasteiger partial charge < -0.3 is 5.11 Å². The third-order valence-corrected chi connectivity index (χ3v) is 3.79. The average Bonchev–Trinajstić information content (AvgIpc) is 2.64. The van der Waals surface area contributed by atoms with Gasteiger partial charge in [0.15, 0.2) is 5.84 Å². The number of benzene rings is 1. The van der Waals surface area contributed by atoms with Crippen LogP contribution >= 0.6 is 0 Å². The van der Waals surface area contributed by atoms with Crippen molar-refractivity contribution in [2.75, 3.05) is 6.54 Å². The smallest absolute Gasteiger partial charge is 0.303 e. The second-order valence-electron chi connectivity index (χ2n) is 6.05. The standard InChI is InChI=1S/C17H21FN2O2/c1-10(2)15-7-12(8-16(21)22)9-19-17(20-15)13-4-5-14(18)11(3)6-13/h4-6,10,12H,7-9H2,1-3H3,(H,21,22). The van der Waals surface area contributed by atoms with Crippen LogP contribution in [0, 0.1) is 24.6 Å². The number of carboxylic acids is 1. The van der Waals surface area contributed by atoms with Crippen molar-refractivity contribution >= 4 is 17.5 Å². The zero-order valence-corrected chi connectivity index (χ0v) is 13.1. The quantitative estimate of drug-likeness (QED) is 0.925. The first-order valence-corrected chi connectivity index (χ1v) is 7.47. The first-order valence-electron chi connectivity index (χ1n) is 7.47. The summed E-state index contributed by atoms with van der Waals surface area (Å²) in [5.41, 5.74) is 2.27. The Morgan fingerprint density at radius 1 is 1.45 bits per heavy atom. The molecule has 1 aromatic rings. The van der Waals surface area contributed by atoms with E-state index in [2.05, 4.69) is 9.98 Å². The lowest BCUT2D eigenvalue weighted by molar-refractivity contribution is -0.137. The molecular weight excluding hydrogens is 283 g/mol. The molecule has 0 fully saturated rings. The molecule has 0 saturated carbocycles. The number of amidine groups is 1. The molecule has 4 nitrogen and oxygen atoms in total. The summed E-state index contributed by atoms with van der Waals surface area (Å²) in [5, 5.41) is 9.00. The molecule has 0 aliphatic carbocycles. The van der Waals surface area contributed by atoms with E-state index in [4.69, 9.17) is 5.11 Å². The SMILES string of the molecule is Cc1cc(C2=NCC(CC(=O)O)CC(C(C)C)=N2)ccc1F. The second-order valence-corrected chi connectivity index (χ2v) is 6.05. The number of aliphatic imine (C=N–C) groups is 2. The largest absolute Gasteiger partial charge is 0.481 e. The first kappa shape index (κ1) is 16.3. The zero-order valence-electron chi connectivity index (χ0n) is 13.1. The molecule has 1 aliphatic heterocycles. The summed E-state index contributed by atoms with van der Waals surface area (Å²) in [7, 11) is 0. The third kappa shape index (κ3) is 4.00. The summed E-state index contributed by atoms with van der Waals surface area (Å²) in [6.45, 7) is 6.21. The number of aliphatic carboxylic acids is 1. The Balaban J connectivity index is 2.35. The molecule has 0 amide bonds. The highest BCUT2D eigenvalue weighted by Gasteiger charge is 2.21. The minimum Gasteiger partial charge on any atom is -0.481 e. The van der Waals surface area contributed by atoms with Crippen LogP contribution in [0.25, 0.3) is 0 Å². The molecule has 0 bridgehead atoms. The lowest BCUT2D eigenvalue weighted by atomic mass is 9.93. The number of carboxylic acid groups (broad SMARTS) is 1. The third-order valence-electron chi connectivity index (χ3n) is 3.79. The summed E-state index contributed by atoms with van der Waals surface area (Å²) in [6.07, 6.45) is 0.724. The summed E-state index contributed by atoms with van der Waals surface area (Å²) >= 11 is 0. The van der Waals surface area contributed by atoms with Crippen molar-refractivity contribution in [1.82, 2.24) is 0 Å². The van der Waals surface area contributed by atoms with E-state index in [0.717, 1.165) is 11.3 Å². The number of halogens is 1. The molecule has 5 heteroatoms. The minimum absolute atomic E-state index is 0.0438. The molecule has 22 heavy (non-hydrogen) atoms. The molecule has 2 rings (SSSR count). The molecular formula is C17H21FN2O2. The van der Waals surface area contributed by atoms with Crippen molar-refractivity contribution in [2.45, 2.75) is 33.6 Å². The van der Waals surface area contributed by atoms with Crippen molar-refractivity contribution in [1.29, 1.82) is 0 Å². The van der Waals surface area contributed by atoms with E-state index in [-0.39, 0.29) is 24.1 Å². The second kappa shape index (κ2) is 6.81. The van der Waals surface area contributed by atoms with Gasteiger partial charge in [0.25, 0.3) is 0 Å². The van der Waals surface area contributed by atoms with E-state index in [0.29, 0.717) is 24.4 Å². The summed E-state index contributed by atoms with van der Waals surface area (Å²) in [6, 6.07) is 4.81. The van der Waals surface area contributed by atoms with Gasteiger partial charge in [-0.15, -0.1) is 0 Å². The molecule has 1 unspecified atom stereocenters. The Morgan fingerprint density at radius 2 is 2.18 bits per heavy atom. The maximum Gasteiger partial charge on any atom is 0.303 e. The average molecular weight is 304 g/mol. The Hall–Kier alpha value is -2.04. The molecule has 1 N–H and O–H groups in total. The maximum atomic E-state index is 13.4. The van der Waals surface area contributed by atoms with Crippen LogP contribution in [-0.4, -0.2) is 29.2 Å². The topological polar surface area (TPSA) is 62.0 Å². The number of hydrogen-bond donors (Lipinski definition) is 1. The van der Waals surface area contributed by atoms with Gasteiger partial charge in [-0.1, -0.05) is 13.8 Å². The van der Waals surface area contributed by atoms with Gasteiger partial charge in [-0.05, 0) is 48.9 Å². The zero-order chi connectivity index (χ0) is 16.3. The van der Waals surface area contributed by atoms with Crippen LogP contribution in [0.1, 0.15) is 37.8 Å². The Morgan fingerprint density at radius 3 is 2.77 bits per heavy atom. The van der Waals surface area contributed by atoms with Gasteiger partial charge >= 0.3 is 5.97 Å². The molecule has 1 atom stereocenters. The van der Waals surface area contributed by atoms with Crippen LogP contribution in [0.3, 0.4) is 0 Å². The molecule has 0 saturated heterocycles. The summed E-state index contributed by atoms with van der Waals surface area (Å²) in [5.74, 6) is -0.322. The fraction of sp³-hybridized carbons (Fsp3) is 0.471. The van der Waals surface area contributed by atoms with Gasteiger partial charge in [0.1, 0.15) is 5.82 Å². The van der Waals surface area contributed by atoms with Crippen LogP contribution in [0.4, 0.5) is 4.39 Å². The van der Waals surface area contributed by atoms with E-state index < -0.39 is 5.97 Å². The Labute approximate surface area is 129 Å². The number of hydrogen-bond acceptors (Lipinski definition) is 3. The van der Waals surface area contributed by atoms with Crippen molar-refractivity contribution < 1.29 is 14.3 Å². The highest BCUT2D eigenvalue weighted by molar-refractivity contribution is 6.08. The fourth-order valence-corrected chi connectivity index (χ4v) is 2.48. The first-order chi connectivity index (χ1) is 10.4. The van der Waals surface area contributed by atoms with Gasteiger partial charge in [0.2, 0.25) is 0 Å². The van der Waals surface area contributed by atoms with Gasteiger partial charge in [-0.2, -0.15) is 0 Å². The van der Waals surface area contributed by atoms with Crippen LogP contribution in [0.2, 0.25) is 0 Å². The van der Waals surface area contributed by atoms with Gasteiger partial charge in [0.05, 0.1) is 6.42 Å². The number of rotatable bonds is 4. The monoisotopic (exact) mass is 304 g/mol. The van der Waals surface area contributed by atoms with E-state index in [9.17, 15) is 9.18 Å². The van der Waals surface area contributed by atoms with Crippen LogP contribution in [0.5, 0.6) is 0 Å². The Kier molecular flexibility index (Phi) is 5.06. The minimum atomic E-state index is -0.815. The highest BCUT2D eigenvalue weighted by atomic mass is 19.1. The van der Waals surface area contributed by atoms with Gasteiger partial charge in [0, 0.05) is 17.8 Å². The Bertz CT molecular complexity index is 636. The van der Waals surface area contributed by atoms with Crippen LogP contribution in [0.15, 0.2) is 28.2 Å². The van der Waals surface area contributed by atoms with E-state index in [1.807, 2.05) is 13.8 Å². The predicted molar refractivity (Wildman–Crippen MR) is 85.2 cm³/mol. The van der Waals surface area contributed by atoms with E-state index >= 15 is 0 Å². The summed E-state index contributed by atoms with van der Waals surface area (Å²) < 4.78 is 13.4. The van der Waals surface area contributed by atoms with E-state index in [1.165, 1.54) is 6.07 Å². The van der Waals surface area contributed by atoms with Crippen LogP contribution in [-0.2, 0) is 4.79 Å².